The van der Waals surface area contributed by atoms with E-state index < -0.39 is 0 Å². The lowest BCUT2D eigenvalue weighted by Gasteiger charge is -2.13. The van der Waals surface area contributed by atoms with E-state index in [1.807, 2.05) is 31.2 Å². The van der Waals surface area contributed by atoms with Gasteiger partial charge in [-0.25, -0.2) is 4.98 Å². The van der Waals surface area contributed by atoms with Crippen LogP contribution in [0, 0.1) is 6.92 Å². The van der Waals surface area contributed by atoms with Crippen molar-refractivity contribution in [1.82, 2.24) is 9.55 Å². The largest absolute Gasteiger partial charge is 0.294 e. The molecule has 2 aromatic carbocycles. The fourth-order valence-electron chi connectivity index (χ4n) is 2.38. The monoisotopic (exact) mass is 382 g/mol. The van der Waals surface area contributed by atoms with Crippen molar-refractivity contribution in [2.45, 2.75) is 19.2 Å². The fraction of sp³-hybridized carbons (Fsp3) is 0.188. The number of aromatic nitrogens is 2. The Bertz CT molecular complexity index is 825. The van der Waals surface area contributed by atoms with Crippen LogP contribution in [0.15, 0.2) is 40.9 Å². The van der Waals surface area contributed by atoms with E-state index in [2.05, 4.69) is 44.5 Å². The summed E-state index contributed by atoms with van der Waals surface area (Å²) in [5.74, 6) is 0.806. The quantitative estimate of drug-likeness (QED) is 0.492. The van der Waals surface area contributed by atoms with Gasteiger partial charge in [-0.1, -0.05) is 17.7 Å². The Kier molecular flexibility index (Phi) is 4.00. The van der Waals surface area contributed by atoms with Crippen LogP contribution in [0.1, 0.15) is 23.7 Å². The summed E-state index contributed by atoms with van der Waals surface area (Å²) in [6.07, 6.45) is 0. The van der Waals surface area contributed by atoms with Crippen molar-refractivity contribution in [3.05, 3.63) is 57.3 Å². The molecule has 108 valence electrons. The maximum Gasteiger partial charge on any atom is 0.132 e. The van der Waals surface area contributed by atoms with Gasteiger partial charge >= 0.3 is 0 Å². The second kappa shape index (κ2) is 5.64. The molecule has 0 N–H and O–H groups in total. The van der Waals surface area contributed by atoms with E-state index in [4.69, 9.17) is 23.2 Å². The first-order valence-corrected chi connectivity index (χ1v) is 8.16. The number of halogens is 3. The number of rotatable bonds is 2. The predicted octanol–water partition coefficient (Wildman–Crippen LogP) is 6.05. The summed E-state index contributed by atoms with van der Waals surface area (Å²) < 4.78 is 3.06. The first kappa shape index (κ1) is 14.9. The molecule has 0 aliphatic carbocycles. The number of alkyl halides is 1. The van der Waals surface area contributed by atoms with Crippen LogP contribution in [0.2, 0.25) is 5.02 Å². The summed E-state index contributed by atoms with van der Waals surface area (Å²) >= 11 is 16.1. The molecule has 0 saturated carbocycles. The summed E-state index contributed by atoms with van der Waals surface area (Å²) in [7, 11) is 0. The van der Waals surface area contributed by atoms with Crippen molar-refractivity contribution >= 4 is 50.2 Å². The Labute approximate surface area is 141 Å². The third-order valence-corrected chi connectivity index (χ3v) is 4.44. The van der Waals surface area contributed by atoms with E-state index in [0.29, 0.717) is 5.02 Å². The summed E-state index contributed by atoms with van der Waals surface area (Å²) in [6, 6.07) is 11.9. The molecule has 0 radical (unpaired) electrons. The van der Waals surface area contributed by atoms with Crippen molar-refractivity contribution in [2.24, 2.45) is 0 Å². The molecule has 0 fully saturated rings. The molecule has 1 atom stereocenters. The Morgan fingerprint density at radius 3 is 2.67 bits per heavy atom. The van der Waals surface area contributed by atoms with Crippen LogP contribution in [0.5, 0.6) is 0 Å². The maximum atomic E-state index is 6.33. The van der Waals surface area contributed by atoms with Gasteiger partial charge in [0.15, 0.2) is 0 Å². The molecule has 1 unspecified atom stereocenters. The smallest absolute Gasteiger partial charge is 0.132 e. The Morgan fingerprint density at radius 2 is 1.95 bits per heavy atom. The highest BCUT2D eigenvalue weighted by atomic mass is 79.9. The number of hydrogen-bond acceptors (Lipinski definition) is 1. The van der Waals surface area contributed by atoms with Crippen LogP contribution < -0.4 is 0 Å². The zero-order valence-corrected chi connectivity index (χ0v) is 14.7. The van der Waals surface area contributed by atoms with E-state index in [-0.39, 0.29) is 5.38 Å². The van der Waals surface area contributed by atoms with Crippen molar-refractivity contribution in [2.75, 3.05) is 0 Å². The molecule has 5 heteroatoms. The zero-order chi connectivity index (χ0) is 15.1. The molecule has 3 aromatic rings. The normalized spacial score (nSPS) is 12.8. The van der Waals surface area contributed by atoms with Gasteiger partial charge in [0.05, 0.1) is 22.1 Å². The molecule has 0 aliphatic heterocycles. The second-order valence-electron chi connectivity index (χ2n) is 5.01. The molecule has 0 bridgehead atoms. The lowest BCUT2D eigenvalue weighted by atomic mass is 10.2. The first-order chi connectivity index (χ1) is 9.97. The summed E-state index contributed by atoms with van der Waals surface area (Å²) in [5, 5.41) is 0.477. The molecule has 0 aliphatic rings. The summed E-state index contributed by atoms with van der Waals surface area (Å²) in [4.78, 5) is 4.65. The SMILES string of the molecule is Cc1ccc(Br)c(-n2c(C(C)Cl)nc3ccc(Cl)cc32)c1. The highest BCUT2D eigenvalue weighted by Crippen LogP contribution is 2.33. The molecule has 0 amide bonds. The number of imidazole rings is 1. The number of nitrogens with zero attached hydrogens (tertiary/aromatic N) is 2. The van der Waals surface area contributed by atoms with E-state index in [0.717, 1.165) is 27.0 Å². The van der Waals surface area contributed by atoms with Gasteiger partial charge in [-0.2, -0.15) is 0 Å². The number of aryl methyl sites for hydroxylation is 1. The van der Waals surface area contributed by atoms with Crippen molar-refractivity contribution < 1.29 is 0 Å². The molecule has 2 nitrogen and oxygen atoms in total. The van der Waals surface area contributed by atoms with Gasteiger partial charge < -0.3 is 0 Å². The average molecular weight is 384 g/mol. The first-order valence-electron chi connectivity index (χ1n) is 6.56. The van der Waals surface area contributed by atoms with Crippen LogP contribution in [0.3, 0.4) is 0 Å². The van der Waals surface area contributed by atoms with E-state index in [1.165, 1.54) is 5.56 Å². The molecule has 21 heavy (non-hydrogen) atoms. The van der Waals surface area contributed by atoms with Crippen LogP contribution in [-0.4, -0.2) is 9.55 Å². The molecule has 0 spiro atoms. The third-order valence-electron chi connectivity index (χ3n) is 3.34. The fourth-order valence-corrected chi connectivity index (χ4v) is 3.12. The molecular formula is C16H13BrCl2N2. The van der Waals surface area contributed by atoms with Gasteiger partial charge in [0.2, 0.25) is 0 Å². The van der Waals surface area contributed by atoms with Gasteiger partial charge in [-0.3, -0.25) is 4.57 Å². The lowest BCUT2D eigenvalue weighted by Crippen LogP contribution is -2.03. The predicted molar refractivity (Wildman–Crippen MR) is 92.8 cm³/mol. The molecule has 1 heterocycles. The third kappa shape index (κ3) is 2.70. The maximum absolute atomic E-state index is 6.33. The molecular weight excluding hydrogens is 371 g/mol. The zero-order valence-electron chi connectivity index (χ0n) is 11.6. The van der Waals surface area contributed by atoms with Gasteiger partial charge in [-0.05, 0) is 65.7 Å². The summed E-state index contributed by atoms with van der Waals surface area (Å²) in [5.41, 5.74) is 4.03. The number of hydrogen-bond donors (Lipinski definition) is 0. The second-order valence-corrected chi connectivity index (χ2v) is 6.95. The van der Waals surface area contributed by atoms with Crippen molar-refractivity contribution in [3.8, 4) is 5.69 Å². The number of fused-ring (bicyclic) bond motifs is 1. The molecule has 1 aromatic heterocycles. The topological polar surface area (TPSA) is 17.8 Å². The van der Waals surface area contributed by atoms with Crippen molar-refractivity contribution in [3.63, 3.8) is 0 Å². The Hall–Kier alpha value is -1.03. The van der Waals surface area contributed by atoms with Crippen LogP contribution >= 0.6 is 39.1 Å². The van der Waals surface area contributed by atoms with Gasteiger partial charge in [0, 0.05) is 9.50 Å². The van der Waals surface area contributed by atoms with Crippen molar-refractivity contribution in [1.29, 1.82) is 0 Å². The minimum absolute atomic E-state index is 0.205. The van der Waals surface area contributed by atoms with Crippen LogP contribution in [0.4, 0.5) is 0 Å². The van der Waals surface area contributed by atoms with E-state index >= 15 is 0 Å². The van der Waals surface area contributed by atoms with Gasteiger partial charge in [0.25, 0.3) is 0 Å². The molecule has 3 rings (SSSR count). The average Bonchev–Trinajstić information content (AvgIpc) is 2.80. The lowest BCUT2D eigenvalue weighted by molar-refractivity contribution is 0.879. The van der Waals surface area contributed by atoms with Gasteiger partial charge in [-0.15, -0.1) is 11.6 Å². The standard InChI is InChI=1S/C16H13BrCl2N2/c1-9-3-5-12(17)14(7-9)21-15-8-11(19)4-6-13(15)20-16(21)10(2)18/h3-8,10H,1-2H3. The molecule has 0 saturated heterocycles. The highest BCUT2D eigenvalue weighted by Gasteiger charge is 2.18. The minimum Gasteiger partial charge on any atom is -0.294 e. The Morgan fingerprint density at radius 1 is 1.19 bits per heavy atom. The van der Waals surface area contributed by atoms with E-state index in [1.54, 1.807) is 0 Å². The van der Waals surface area contributed by atoms with Gasteiger partial charge in [0.1, 0.15) is 5.82 Å². The minimum atomic E-state index is -0.205. The van der Waals surface area contributed by atoms with Crippen LogP contribution in [0.25, 0.3) is 16.7 Å². The van der Waals surface area contributed by atoms with Crippen LogP contribution in [-0.2, 0) is 0 Å². The Balaban J connectivity index is 2.41. The highest BCUT2D eigenvalue weighted by molar-refractivity contribution is 9.10. The summed E-state index contributed by atoms with van der Waals surface area (Å²) in [6.45, 7) is 3.98. The number of benzene rings is 2. The van der Waals surface area contributed by atoms with E-state index in [9.17, 15) is 0 Å².